The summed E-state index contributed by atoms with van der Waals surface area (Å²) in [6.45, 7) is 13.6. The van der Waals surface area contributed by atoms with Gasteiger partial charge in [0.1, 0.15) is 17.3 Å². The van der Waals surface area contributed by atoms with E-state index < -0.39 is 0 Å². The van der Waals surface area contributed by atoms with Gasteiger partial charge in [0.15, 0.2) is 0 Å². The zero-order valence-corrected chi connectivity index (χ0v) is 30.8. The summed E-state index contributed by atoms with van der Waals surface area (Å²) in [5, 5.41) is 6.93. The van der Waals surface area contributed by atoms with E-state index in [1.54, 1.807) is 4.68 Å². The van der Waals surface area contributed by atoms with Gasteiger partial charge in [-0.25, -0.2) is 4.98 Å². The topological polar surface area (TPSA) is 63.3 Å². The van der Waals surface area contributed by atoms with E-state index in [1.807, 2.05) is 56.7 Å². The maximum absolute atomic E-state index is 6.40. The van der Waals surface area contributed by atoms with Gasteiger partial charge >= 0.3 is 21.1 Å². The molecule has 250 valence electrons. The molecule has 0 aliphatic rings. The van der Waals surface area contributed by atoms with E-state index >= 15 is 0 Å². The molecule has 49 heavy (non-hydrogen) atoms. The molecule has 0 aliphatic carbocycles. The summed E-state index contributed by atoms with van der Waals surface area (Å²) in [6, 6.07) is 31.5. The van der Waals surface area contributed by atoms with Crippen molar-refractivity contribution < 1.29 is 35.3 Å². The summed E-state index contributed by atoms with van der Waals surface area (Å²) in [5.41, 5.74) is 7.85. The number of aromatic nitrogens is 4. The molecule has 0 atom stereocenters. The number of hydrogen-bond acceptors (Lipinski definition) is 5. The minimum atomic E-state index is 0. The van der Waals surface area contributed by atoms with Crippen LogP contribution >= 0.6 is 0 Å². The third-order valence-corrected chi connectivity index (χ3v) is 8.49. The molecule has 0 fully saturated rings. The molecule has 0 aliphatic heterocycles. The minimum Gasteiger partial charge on any atom is -0.509 e. The van der Waals surface area contributed by atoms with Gasteiger partial charge in [0, 0.05) is 35.0 Å². The summed E-state index contributed by atoms with van der Waals surface area (Å²) in [5.74, 6) is 3.99. The molecule has 3 heterocycles. The van der Waals surface area contributed by atoms with Crippen LogP contribution in [0.5, 0.6) is 23.0 Å². The Kier molecular flexibility index (Phi) is 9.93. The van der Waals surface area contributed by atoms with E-state index in [-0.39, 0.29) is 21.1 Å². The largest absolute Gasteiger partial charge is 2.00 e. The summed E-state index contributed by atoms with van der Waals surface area (Å²) < 4.78 is 22.6. The smallest absolute Gasteiger partial charge is 0.509 e. The molecular weight excluding hydrogens is 792 g/mol. The molecule has 4 aromatic carbocycles. The summed E-state index contributed by atoms with van der Waals surface area (Å²) in [7, 11) is 0. The Bertz CT molecular complexity index is 2240. The maximum atomic E-state index is 6.40. The van der Waals surface area contributed by atoms with E-state index in [2.05, 4.69) is 92.9 Å². The van der Waals surface area contributed by atoms with Gasteiger partial charge in [0.2, 0.25) is 0 Å². The number of para-hydroxylation sites is 1. The number of benzene rings is 4. The fourth-order valence-corrected chi connectivity index (χ4v) is 6.29. The van der Waals surface area contributed by atoms with Gasteiger partial charge in [0.05, 0.1) is 25.0 Å². The second-order valence-corrected chi connectivity index (χ2v) is 12.1. The molecule has 0 bridgehead atoms. The summed E-state index contributed by atoms with van der Waals surface area (Å²) in [6.07, 6.45) is 5.69. The van der Waals surface area contributed by atoms with Crippen molar-refractivity contribution in [2.45, 2.75) is 47.5 Å². The van der Waals surface area contributed by atoms with Crippen LogP contribution in [-0.4, -0.2) is 32.5 Å². The normalized spacial score (nSPS) is 11.2. The van der Waals surface area contributed by atoms with Crippen LogP contribution < -0.4 is 14.2 Å². The number of ether oxygens (including phenoxy) is 3. The van der Waals surface area contributed by atoms with Crippen molar-refractivity contribution in [3.63, 3.8) is 0 Å². The molecule has 0 amide bonds. The third kappa shape index (κ3) is 6.48. The SMILES string of the molecule is CCOc1c(C)cc(C)c(OCC)c1-c1cnn(-c2[c-]c(Oc3[c-]c4c(cc3)c3ccccc3n4-c3cc(C(C)C)ccn3)ccc2)c1.[Pt+2]. The monoisotopic (exact) mass is 829 g/mol. The summed E-state index contributed by atoms with van der Waals surface area (Å²) >= 11 is 0. The first-order chi connectivity index (χ1) is 23.4. The average Bonchev–Trinajstić information content (AvgIpc) is 3.70. The van der Waals surface area contributed by atoms with Gasteiger partial charge in [-0.2, -0.15) is 17.2 Å². The molecule has 0 N–H and O–H groups in total. The van der Waals surface area contributed by atoms with E-state index in [1.165, 1.54) is 5.56 Å². The number of hydrogen-bond donors (Lipinski definition) is 0. The Morgan fingerprint density at radius 3 is 2.27 bits per heavy atom. The molecule has 0 radical (unpaired) electrons. The van der Waals surface area contributed by atoms with Crippen LogP contribution in [0.3, 0.4) is 0 Å². The van der Waals surface area contributed by atoms with Gasteiger partial charge in [-0.15, -0.1) is 35.7 Å². The second kappa shape index (κ2) is 14.3. The van der Waals surface area contributed by atoms with Crippen LogP contribution in [0, 0.1) is 26.0 Å². The number of pyridine rings is 1. The second-order valence-electron chi connectivity index (χ2n) is 12.1. The molecule has 8 heteroatoms. The number of fused-ring (bicyclic) bond motifs is 3. The molecular formula is C41H38N4O3Pt. The Hall–Kier alpha value is -4.87. The molecule has 7 nitrogen and oxygen atoms in total. The predicted molar refractivity (Wildman–Crippen MR) is 191 cm³/mol. The van der Waals surface area contributed by atoms with Gasteiger partial charge in [-0.3, -0.25) is 4.68 Å². The van der Waals surface area contributed by atoms with Crippen molar-refractivity contribution in [1.29, 1.82) is 0 Å². The Labute approximate surface area is 301 Å². The summed E-state index contributed by atoms with van der Waals surface area (Å²) in [4.78, 5) is 4.76. The molecule has 0 spiro atoms. The molecule has 3 aromatic heterocycles. The minimum absolute atomic E-state index is 0. The van der Waals surface area contributed by atoms with Gasteiger partial charge in [-0.1, -0.05) is 37.6 Å². The first-order valence-electron chi connectivity index (χ1n) is 16.4. The van der Waals surface area contributed by atoms with Crippen LogP contribution in [0.4, 0.5) is 0 Å². The van der Waals surface area contributed by atoms with Crippen molar-refractivity contribution in [2.75, 3.05) is 13.2 Å². The maximum Gasteiger partial charge on any atom is 2.00 e. The first kappa shape index (κ1) is 34.0. The zero-order chi connectivity index (χ0) is 33.4. The van der Waals surface area contributed by atoms with E-state index in [0.29, 0.717) is 30.6 Å². The standard InChI is InChI=1S/C41H38N4O3.Pt/c1-7-46-40-27(5)20-28(6)41(47-8-2)39(40)30-24-43-44(25-30)31-12-11-13-32(22-31)48-33-16-17-35-34-14-9-10-15-36(34)45(37(35)23-33)38-21-29(26(3)4)18-19-42-38;/h9-21,24-26H,7-8H2,1-6H3;/q-2;+2. The van der Waals surface area contributed by atoms with Gasteiger partial charge in [-0.05, 0) is 85.6 Å². The fourth-order valence-electron chi connectivity index (χ4n) is 6.29. The predicted octanol–water partition coefficient (Wildman–Crippen LogP) is 9.96. The van der Waals surface area contributed by atoms with E-state index in [4.69, 9.17) is 24.3 Å². The van der Waals surface area contributed by atoms with Gasteiger partial charge < -0.3 is 18.8 Å². The van der Waals surface area contributed by atoms with E-state index in [0.717, 1.165) is 67.1 Å². The van der Waals surface area contributed by atoms with Crippen LogP contribution in [0.1, 0.15) is 50.3 Å². The Balaban J connectivity index is 0.00000417. The number of rotatable bonds is 10. The van der Waals surface area contributed by atoms with Crippen molar-refractivity contribution in [2.24, 2.45) is 0 Å². The van der Waals surface area contributed by atoms with Crippen molar-refractivity contribution in [3.05, 3.63) is 120 Å². The Morgan fingerprint density at radius 2 is 1.53 bits per heavy atom. The van der Waals surface area contributed by atoms with Crippen LogP contribution in [-0.2, 0) is 21.1 Å². The van der Waals surface area contributed by atoms with Crippen LogP contribution in [0.2, 0.25) is 0 Å². The Morgan fingerprint density at radius 1 is 0.796 bits per heavy atom. The third-order valence-electron chi connectivity index (χ3n) is 8.49. The molecule has 7 aromatic rings. The van der Waals surface area contributed by atoms with Crippen LogP contribution in [0.15, 0.2) is 91.4 Å². The quantitative estimate of drug-likeness (QED) is 0.129. The first-order valence-corrected chi connectivity index (χ1v) is 16.4. The van der Waals surface area contributed by atoms with Gasteiger partial charge in [0.25, 0.3) is 0 Å². The van der Waals surface area contributed by atoms with Crippen molar-refractivity contribution in [1.82, 2.24) is 19.3 Å². The molecule has 0 unspecified atom stereocenters. The van der Waals surface area contributed by atoms with Crippen molar-refractivity contribution >= 4 is 21.8 Å². The molecule has 0 saturated carbocycles. The number of nitrogens with zero attached hydrogens (tertiary/aromatic N) is 4. The average molecular weight is 830 g/mol. The van der Waals surface area contributed by atoms with Crippen molar-refractivity contribution in [3.8, 4) is 45.6 Å². The van der Waals surface area contributed by atoms with Crippen LogP contribution in [0.25, 0.3) is 44.4 Å². The fraction of sp³-hybridized carbons (Fsp3) is 0.220. The number of aryl methyl sites for hydroxylation is 2. The molecule has 0 saturated heterocycles. The molecule has 7 rings (SSSR count). The zero-order valence-electron chi connectivity index (χ0n) is 28.5. The van der Waals surface area contributed by atoms with E-state index in [9.17, 15) is 0 Å².